The van der Waals surface area contributed by atoms with Crippen LogP contribution in [0.1, 0.15) is 19.4 Å². The van der Waals surface area contributed by atoms with Gasteiger partial charge in [0.1, 0.15) is 24.0 Å². The molecular weight excluding hydrogens is 230 g/mol. The summed E-state index contributed by atoms with van der Waals surface area (Å²) >= 11 is 0. The number of nitrogens with zero attached hydrogens (tertiary/aromatic N) is 3. The fourth-order valence-corrected chi connectivity index (χ4v) is 1.74. The molecule has 0 aliphatic carbocycles. The van der Waals surface area contributed by atoms with Gasteiger partial charge in [-0.3, -0.25) is 4.79 Å². The van der Waals surface area contributed by atoms with Gasteiger partial charge >= 0.3 is 0 Å². The topological polar surface area (TPSA) is 70.1 Å². The lowest BCUT2D eigenvalue weighted by Gasteiger charge is -2.20. The standard InChI is InChI=1S/C12H21N5O/c1-6-9-10(13-3)14-7-15-11(9)16-8(2)12(18)17(4)5/h7-8H,6H2,1-5H3,(H2,13,14,15,16). The van der Waals surface area contributed by atoms with Crippen LogP contribution < -0.4 is 10.6 Å². The molecule has 0 aromatic carbocycles. The van der Waals surface area contributed by atoms with Crippen LogP contribution in [0.3, 0.4) is 0 Å². The van der Waals surface area contributed by atoms with Crippen molar-refractivity contribution < 1.29 is 4.79 Å². The van der Waals surface area contributed by atoms with Crippen LogP contribution in [-0.2, 0) is 11.2 Å². The molecule has 0 aliphatic heterocycles. The molecule has 0 fully saturated rings. The van der Waals surface area contributed by atoms with Crippen LogP contribution in [0.2, 0.25) is 0 Å². The number of hydrogen-bond acceptors (Lipinski definition) is 5. The third-order valence-corrected chi connectivity index (χ3v) is 2.70. The minimum absolute atomic E-state index is 0.0154. The molecule has 0 bridgehead atoms. The molecule has 0 saturated heterocycles. The van der Waals surface area contributed by atoms with Gasteiger partial charge in [0.25, 0.3) is 0 Å². The minimum Gasteiger partial charge on any atom is -0.373 e. The van der Waals surface area contributed by atoms with Gasteiger partial charge in [0.15, 0.2) is 0 Å². The summed E-state index contributed by atoms with van der Waals surface area (Å²) in [5, 5.41) is 6.16. The first-order valence-electron chi connectivity index (χ1n) is 6.00. The second kappa shape index (κ2) is 6.18. The highest BCUT2D eigenvalue weighted by atomic mass is 16.2. The molecule has 100 valence electrons. The summed E-state index contributed by atoms with van der Waals surface area (Å²) in [6.45, 7) is 3.85. The van der Waals surface area contributed by atoms with E-state index in [1.807, 2.05) is 20.9 Å². The number of anilines is 2. The number of nitrogens with one attached hydrogen (secondary N) is 2. The summed E-state index contributed by atoms with van der Waals surface area (Å²) in [6, 6.07) is -0.315. The molecule has 1 atom stereocenters. The molecule has 2 N–H and O–H groups in total. The molecule has 1 unspecified atom stereocenters. The van der Waals surface area contributed by atoms with Crippen molar-refractivity contribution in [2.24, 2.45) is 0 Å². The average molecular weight is 251 g/mol. The Morgan fingerprint density at radius 2 is 2.00 bits per heavy atom. The maximum atomic E-state index is 11.8. The lowest BCUT2D eigenvalue weighted by Crippen LogP contribution is -2.37. The molecule has 0 aliphatic rings. The molecular formula is C12H21N5O. The van der Waals surface area contributed by atoms with Gasteiger partial charge in [0.2, 0.25) is 5.91 Å². The molecule has 6 heteroatoms. The lowest BCUT2D eigenvalue weighted by molar-refractivity contribution is -0.129. The van der Waals surface area contributed by atoms with Gasteiger partial charge in [-0.15, -0.1) is 0 Å². The normalized spacial score (nSPS) is 11.8. The highest BCUT2D eigenvalue weighted by molar-refractivity contribution is 5.84. The molecule has 1 amide bonds. The molecule has 1 rings (SSSR count). The Bertz CT molecular complexity index is 419. The average Bonchev–Trinajstić information content (AvgIpc) is 2.37. The van der Waals surface area contributed by atoms with Crippen molar-refractivity contribution in [2.45, 2.75) is 26.3 Å². The number of hydrogen-bond donors (Lipinski definition) is 2. The summed E-state index contributed by atoms with van der Waals surface area (Å²) in [5.41, 5.74) is 0.985. The van der Waals surface area contributed by atoms with E-state index in [2.05, 4.69) is 20.6 Å². The van der Waals surface area contributed by atoms with Crippen molar-refractivity contribution in [1.82, 2.24) is 14.9 Å². The van der Waals surface area contributed by atoms with Gasteiger partial charge < -0.3 is 15.5 Å². The van der Waals surface area contributed by atoms with E-state index in [1.165, 1.54) is 6.33 Å². The fourth-order valence-electron chi connectivity index (χ4n) is 1.74. The van der Waals surface area contributed by atoms with E-state index < -0.39 is 0 Å². The number of amides is 1. The van der Waals surface area contributed by atoms with E-state index in [4.69, 9.17) is 0 Å². The minimum atomic E-state index is -0.315. The largest absolute Gasteiger partial charge is 0.373 e. The molecule has 0 saturated carbocycles. The lowest BCUT2D eigenvalue weighted by atomic mass is 10.2. The molecule has 1 aromatic heterocycles. The summed E-state index contributed by atoms with van der Waals surface area (Å²) in [7, 11) is 5.29. The summed E-state index contributed by atoms with van der Waals surface area (Å²) in [5.74, 6) is 1.51. The van der Waals surface area contributed by atoms with Crippen molar-refractivity contribution in [3.8, 4) is 0 Å². The van der Waals surface area contributed by atoms with Crippen LogP contribution in [0.5, 0.6) is 0 Å². The Labute approximate surface area is 108 Å². The van der Waals surface area contributed by atoms with Crippen LogP contribution in [0.25, 0.3) is 0 Å². The van der Waals surface area contributed by atoms with Crippen LogP contribution >= 0.6 is 0 Å². The number of rotatable bonds is 5. The summed E-state index contributed by atoms with van der Waals surface area (Å²) in [6.07, 6.45) is 2.28. The number of carbonyl (C=O) groups excluding carboxylic acids is 1. The van der Waals surface area contributed by atoms with Crippen LogP contribution in [0.4, 0.5) is 11.6 Å². The zero-order valence-corrected chi connectivity index (χ0v) is 11.6. The Morgan fingerprint density at radius 1 is 1.39 bits per heavy atom. The highest BCUT2D eigenvalue weighted by Crippen LogP contribution is 2.20. The van der Waals surface area contributed by atoms with Crippen LogP contribution in [-0.4, -0.2) is 48.0 Å². The quantitative estimate of drug-likeness (QED) is 0.816. The van der Waals surface area contributed by atoms with Crippen LogP contribution in [0.15, 0.2) is 6.33 Å². The summed E-state index contributed by atoms with van der Waals surface area (Å²) < 4.78 is 0. The van der Waals surface area contributed by atoms with Crippen molar-refractivity contribution in [3.05, 3.63) is 11.9 Å². The molecule has 6 nitrogen and oxygen atoms in total. The third kappa shape index (κ3) is 3.09. The maximum absolute atomic E-state index is 11.8. The first-order valence-corrected chi connectivity index (χ1v) is 6.00. The van der Waals surface area contributed by atoms with E-state index in [0.29, 0.717) is 5.82 Å². The zero-order valence-electron chi connectivity index (χ0n) is 11.6. The van der Waals surface area contributed by atoms with E-state index in [1.54, 1.807) is 19.0 Å². The van der Waals surface area contributed by atoms with Crippen molar-refractivity contribution in [3.63, 3.8) is 0 Å². The van der Waals surface area contributed by atoms with Gasteiger partial charge in [0.05, 0.1) is 0 Å². The van der Waals surface area contributed by atoms with Crippen molar-refractivity contribution in [2.75, 3.05) is 31.8 Å². The Hall–Kier alpha value is -1.85. The van der Waals surface area contributed by atoms with Gasteiger partial charge in [0, 0.05) is 26.7 Å². The van der Waals surface area contributed by atoms with Gasteiger partial charge in [-0.05, 0) is 13.3 Å². The zero-order chi connectivity index (χ0) is 13.7. The second-order valence-electron chi connectivity index (χ2n) is 4.25. The van der Waals surface area contributed by atoms with Gasteiger partial charge in [-0.1, -0.05) is 6.92 Å². The van der Waals surface area contributed by atoms with E-state index >= 15 is 0 Å². The Balaban J connectivity index is 2.94. The highest BCUT2D eigenvalue weighted by Gasteiger charge is 2.17. The predicted octanol–water partition coefficient (Wildman–Crippen LogP) is 0.969. The fraction of sp³-hybridized carbons (Fsp3) is 0.583. The van der Waals surface area contributed by atoms with Crippen molar-refractivity contribution in [1.29, 1.82) is 0 Å². The molecule has 1 heterocycles. The summed E-state index contributed by atoms with van der Waals surface area (Å²) in [4.78, 5) is 21.7. The SMILES string of the molecule is CCc1c(NC)ncnc1NC(C)C(=O)N(C)C. The number of carbonyl (C=O) groups is 1. The Morgan fingerprint density at radius 3 is 2.50 bits per heavy atom. The molecule has 1 aromatic rings. The third-order valence-electron chi connectivity index (χ3n) is 2.70. The molecule has 18 heavy (non-hydrogen) atoms. The smallest absolute Gasteiger partial charge is 0.244 e. The van der Waals surface area contributed by atoms with Crippen molar-refractivity contribution >= 4 is 17.5 Å². The van der Waals surface area contributed by atoms with Crippen LogP contribution in [0, 0.1) is 0 Å². The predicted molar refractivity (Wildman–Crippen MR) is 72.7 cm³/mol. The molecule has 0 radical (unpaired) electrons. The maximum Gasteiger partial charge on any atom is 0.244 e. The monoisotopic (exact) mass is 251 g/mol. The number of likely N-dealkylation sites (N-methyl/N-ethyl adjacent to an activating group) is 1. The van der Waals surface area contributed by atoms with Gasteiger partial charge in [-0.25, -0.2) is 9.97 Å². The van der Waals surface area contributed by atoms with Gasteiger partial charge in [-0.2, -0.15) is 0 Å². The van der Waals surface area contributed by atoms with E-state index in [-0.39, 0.29) is 11.9 Å². The molecule has 0 spiro atoms. The van der Waals surface area contributed by atoms with E-state index in [0.717, 1.165) is 17.8 Å². The first kappa shape index (κ1) is 14.2. The van der Waals surface area contributed by atoms with E-state index in [9.17, 15) is 4.79 Å². The Kier molecular flexibility index (Phi) is 4.88. The number of aromatic nitrogens is 2. The second-order valence-corrected chi connectivity index (χ2v) is 4.25. The first-order chi connectivity index (χ1) is 8.51.